The molecule has 3 N–H and O–H groups in total. The minimum atomic E-state index is -0.994. The monoisotopic (exact) mass is 199 g/mol. The van der Waals surface area contributed by atoms with Crippen molar-refractivity contribution in [1.82, 2.24) is 0 Å². The number of carbonyl (C=O) groups is 1. The fourth-order valence-electron chi connectivity index (χ4n) is 2.73. The summed E-state index contributed by atoms with van der Waals surface area (Å²) >= 11 is 0. The summed E-state index contributed by atoms with van der Waals surface area (Å²) in [5.41, 5.74) is 5.04. The highest BCUT2D eigenvalue weighted by atomic mass is 16.4. The highest BCUT2D eigenvalue weighted by molar-refractivity contribution is 5.79. The van der Waals surface area contributed by atoms with Gasteiger partial charge >= 0.3 is 5.97 Å². The Morgan fingerprint density at radius 1 is 1.50 bits per heavy atom. The van der Waals surface area contributed by atoms with Crippen molar-refractivity contribution in [2.75, 3.05) is 0 Å². The molecule has 0 heterocycles. The van der Waals surface area contributed by atoms with E-state index in [2.05, 4.69) is 20.8 Å². The molecule has 3 atom stereocenters. The van der Waals surface area contributed by atoms with Crippen LogP contribution in [-0.4, -0.2) is 16.6 Å². The smallest absolute Gasteiger partial charge is 0.323 e. The molecule has 1 aliphatic carbocycles. The van der Waals surface area contributed by atoms with E-state index < -0.39 is 11.5 Å². The first-order valence-electron chi connectivity index (χ1n) is 5.40. The van der Waals surface area contributed by atoms with Gasteiger partial charge in [-0.3, -0.25) is 4.79 Å². The first kappa shape index (κ1) is 11.5. The predicted octanol–water partition coefficient (Wildman–Crippen LogP) is 1.86. The molecule has 14 heavy (non-hydrogen) atoms. The van der Waals surface area contributed by atoms with Crippen LogP contribution < -0.4 is 5.73 Å². The third kappa shape index (κ3) is 1.92. The third-order valence-corrected chi connectivity index (χ3v) is 3.52. The molecule has 0 aliphatic heterocycles. The maximum atomic E-state index is 11.2. The zero-order valence-corrected chi connectivity index (χ0v) is 9.29. The largest absolute Gasteiger partial charge is 0.480 e. The van der Waals surface area contributed by atoms with Crippen molar-refractivity contribution in [2.24, 2.45) is 23.5 Å². The second kappa shape index (κ2) is 3.89. The van der Waals surface area contributed by atoms with E-state index in [-0.39, 0.29) is 5.92 Å². The van der Waals surface area contributed by atoms with Crippen LogP contribution in [0.15, 0.2) is 0 Å². The molecule has 0 unspecified atom stereocenters. The van der Waals surface area contributed by atoms with E-state index in [1.54, 1.807) is 0 Å². The lowest BCUT2D eigenvalue weighted by atomic mass is 9.65. The van der Waals surface area contributed by atoms with Gasteiger partial charge in [-0.15, -0.1) is 0 Å². The molecule has 0 aromatic heterocycles. The minimum Gasteiger partial charge on any atom is -0.480 e. The number of carboxylic acids is 1. The normalized spacial score (nSPS) is 38.6. The lowest BCUT2D eigenvalue weighted by Crippen LogP contribution is -2.58. The molecule has 1 aliphatic rings. The topological polar surface area (TPSA) is 63.3 Å². The van der Waals surface area contributed by atoms with Gasteiger partial charge in [-0.05, 0) is 30.6 Å². The van der Waals surface area contributed by atoms with Gasteiger partial charge in [-0.2, -0.15) is 0 Å². The summed E-state index contributed by atoms with van der Waals surface area (Å²) in [6.45, 7) is 6.21. The molecule has 0 bridgehead atoms. The van der Waals surface area contributed by atoms with Crippen LogP contribution in [0.1, 0.15) is 40.0 Å². The summed E-state index contributed by atoms with van der Waals surface area (Å²) in [4.78, 5) is 11.2. The number of hydrogen-bond acceptors (Lipinski definition) is 2. The Bertz CT molecular complexity index is 227. The molecule has 0 spiro atoms. The molecule has 0 amide bonds. The molecule has 0 aromatic carbocycles. The lowest BCUT2D eigenvalue weighted by molar-refractivity contribution is -0.149. The van der Waals surface area contributed by atoms with Gasteiger partial charge in [0.15, 0.2) is 0 Å². The van der Waals surface area contributed by atoms with Gasteiger partial charge in [0.05, 0.1) is 0 Å². The van der Waals surface area contributed by atoms with E-state index in [4.69, 9.17) is 5.73 Å². The second-order valence-electron chi connectivity index (χ2n) is 5.08. The van der Waals surface area contributed by atoms with Gasteiger partial charge in [-0.25, -0.2) is 0 Å². The Kier molecular flexibility index (Phi) is 3.20. The maximum Gasteiger partial charge on any atom is 0.323 e. The van der Waals surface area contributed by atoms with Gasteiger partial charge in [0.2, 0.25) is 0 Å². The number of aliphatic carboxylic acids is 1. The number of carboxylic acid groups (broad SMARTS) is 1. The molecule has 1 saturated carbocycles. The lowest BCUT2D eigenvalue weighted by Gasteiger charge is -2.42. The van der Waals surface area contributed by atoms with Crippen LogP contribution in [0.5, 0.6) is 0 Å². The quantitative estimate of drug-likeness (QED) is 0.713. The number of rotatable bonds is 2. The third-order valence-electron chi connectivity index (χ3n) is 3.52. The van der Waals surface area contributed by atoms with Crippen LogP contribution in [-0.2, 0) is 4.79 Å². The Morgan fingerprint density at radius 2 is 2.07 bits per heavy atom. The van der Waals surface area contributed by atoms with Crippen molar-refractivity contribution in [1.29, 1.82) is 0 Å². The highest BCUT2D eigenvalue weighted by Gasteiger charge is 2.46. The highest BCUT2D eigenvalue weighted by Crippen LogP contribution is 2.39. The summed E-state index contributed by atoms with van der Waals surface area (Å²) in [6.07, 6.45) is 2.67. The van der Waals surface area contributed by atoms with Crippen LogP contribution in [0, 0.1) is 17.8 Å². The Morgan fingerprint density at radius 3 is 2.50 bits per heavy atom. The van der Waals surface area contributed by atoms with Crippen LogP contribution >= 0.6 is 0 Å². The molecular weight excluding hydrogens is 178 g/mol. The molecule has 3 heteroatoms. The Labute approximate surface area is 85.7 Å². The van der Waals surface area contributed by atoms with Crippen molar-refractivity contribution in [3.8, 4) is 0 Å². The van der Waals surface area contributed by atoms with Gasteiger partial charge in [0.1, 0.15) is 5.54 Å². The summed E-state index contributed by atoms with van der Waals surface area (Å²) in [5, 5.41) is 9.21. The minimum absolute atomic E-state index is 0.121. The average Bonchev–Trinajstić information content (AvgIpc) is 2.02. The molecule has 3 nitrogen and oxygen atoms in total. The summed E-state index contributed by atoms with van der Waals surface area (Å²) in [6, 6.07) is 0. The van der Waals surface area contributed by atoms with E-state index in [9.17, 15) is 9.90 Å². The van der Waals surface area contributed by atoms with E-state index in [0.29, 0.717) is 18.3 Å². The molecule has 0 aromatic rings. The molecule has 1 fully saturated rings. The summed E-state index contributed by atoms with van der Waals surface area (Å²) < 4.78 is 0. The van der Waals surface area contributed by atoms with Crippen LogP contribution in [0.4, 0.5) is 0 Å². The van der Waals surface area contributed by atoms with Gasteiger partial charge in [0.25, 0.3) is 0 Å². The van der Waals surface area contributed by atoms with Gasteiger partial charge in [0, 0.05) is 0 Å². The van der Waals surface area contributed by atoms with Crippen molar-refractivity contribution < 1.29 is 9.90 Å². The van der Waals surface area contributed by atoms with Crippen LogP contribution in [0.25, 0.3) is 0 Å². The second-order valence-corrected chi connectivity index (χ2v) is 5.08. The van der Waals surface area contributed by atoms with E-state index in [0.717, 1.165) is 12.8 Å². The summed E-state index contributed by atoms with van der Waals surface area (Å²) in [7, 11) is 0. The van der Waals surface area contributed by atoms with E-state index in [1.807, 2.05) is 0 Å². The van der Waals surface area contributed by atoms with Crippen molar-refractivity contribution in [3.05, 3.63) is 0 Å². The average molecular weight is 199 g/mol. The molecular formula is C11H21NO2. The first-order valence-corrected chi connectivity index (χ1v) is 5.40. The van der Waals surface area contributed by atoms with E-state index >= 15 is 0 Å². The predicted molar refractivity (Wildman–Crippen MR) is 55.9 cm³/mol. The van der Waals surface area contributed by atoms with Crippen LogP contribution in [0.2, 0.25) is 0 Å². The van der Waals surface area contributed by atoms with Crippen LogP contribution in [0.3, 0.4) is 0 Å². The number of nitrogens with two attached hydrogens (primary N) is 1. The SMILES string of the molecule is CC(C)[C@H]1CC[C@@H](C)C[C@]1(N)C(=O)O. The zero-order valence-electron chi connectivity index (χ0n) is 9.29. The molecule has 1 rings (SSSR count). The molecule has 0 radical (unpaired) electrons. The standard InChI is InChI=1S/C11H21NO2/c1-7(2)9-5-4-8(3)6-11(9,12)10(13)14/h7-9H,4-6,12H2,1-3H3,(H,13,14)/t8-,9-,11-/m1/s1. The van der Waals surface area contributed by atoms with Crippen molar-refractivity contribution in [3.63, 3.8) is 0 Å². The Balaban J connectivity index is 2.88. The maximum absolute atomic E-state index is 11.2. The van der Waals surface area contributed by atoms with E-state index in [1.165, 1.54) is 0 Å². The molecule has 0 saturated heterocycles. The summed E-state index contributed by atoms with van der Waals surface area (Å²) in [5.74, 6) is 0.0775. The fraction of sp³-hybridized carbons (Fsp3) is 0.909. The van der Waals surface area contributed by atoms with Crippen molar-refractivity contribution >= 4 is 5.97 Å². The van der Waals surface area contributed by atoms with Gasteiger partial charge in [-0.1, -0.05) is 27.2 Å². The Hall–Kier alpha value is -0.570. The zero-order chi connectivity index (χ0) is 10.9. The first-order chi connectivity index (χ1) is 6.38. The van der Waals surface area contributed by atoms with Gasteiger partial charge < -0.3 is 10.8 Å². The number of hydrogen-bond donors (Lipinski definition) is 2. The fourth-order valence-corrected chi connectivity index (χ4v) is 2.73. The molecule has 82 valence electrons. The van der Waals surface area contributed by atoms with Crippen molar-refractivity contribution in [2.45, 2.75) is 45.6 Å².